The van der Waals surface area contributed by atoms with Crippen molar-refractivity contribution in [3.8, 4) is 10.8 Å². The maximum atomic E-state index is 12.6. The lowest BCUT2D eigenvalue weighted by Crippen LogP contribution is -2.57. The highest BCUT2D eigenvalue weighted by atomic mass is 32.1. The number of benzene rings is 1. The molecule has 5 rings (SSSR count). The first-order valence-corrected chi connectivity index (χ1v) is 10.1. The summed E-state index contributed by atoms with van der Waals surface area (Å²) in [5.74, 6) is 1.13. The third kappa shape index (κ3) is 4.31. The summed E-state index contributed by atoms with van der Waals surface area (Å²) in [6.07, 6.45) is 2.36. The molecule has 3 saturated heterocycles. The summed E-state index contributed by atoms with van der Waals surface area (Å²) < 4.78 is 5.79. The lowest BCUT2D eigenvalue weighted by Gasteiger charge is -2.44. The summed E-state index contributed by atoms with van der Waals surface area (Å²) in [7, 11) is 0. The summed E-state index contributed by atoms with van der Waals surface area (Å²) in [5.41, 5.74) is 0.643. The number of amides is 2. The maximum Gasteiger partial charge on any atom is 0.251 e. The summed E-state index contributed by atoms with van der Waals surface area (Å²) in [5, 5.41) is 7.35. The second-order valence-electron chi connectivity index (χ2n) is 7.14. The van der Waals surface area contributed by atoms with Crippen LogP contribution in [0.1, 0.15) is 30.1 Å². The first-order valence-electron chi connectivity index (χ1n) is 9.25. The predicted octanol–water partition coefficient (Wildman–Crippen LogP) is 3.32. The molecule has 0 spiro atoms. The van der Waals surface area contributed by atoms with Gasteiger partial charge in [-0.25, -0.2) is 0 Å². The Kier molecular flexibility index (Phi) is 5.13. The van der Waals surface area contributed by atoms with Gasteiger partial charge >= 0.3 is 0 Å². The monoisotopic (exact) mass is 385 g/mol. The summed E-state index contributed by atoms with van der Waals surface area (Å²) in [6.45, 7) is 4.76. The van der Waals surface area contributed by atoms with Crippen LogP contribution in [0.5, 0.6) is 10.8 Å². The number of carbonyl (C=O) groups excluding carboxylic acids is 2. The first-order chi connectivity index (χ1) is 13.1. The number of hydrogen-bond donors (Lipinski definition) is 2. The fourth-order valence-electron chi connectivity index (χ4n) is 3.79. The molecule has 2 N–H and O–H groups in total. The van der Waals surface area contributed by atoms with Crippen molar-refractivity contribution in [3.05, 3.63) is 42.0 Å². The zero-order chi connectivity index (χ0) is 18.8. The number of anilines is 1. The van der Waals surface area contributed by atoms with Gasteiger partial charge in [0, 0.05) is 25.1 Å². The molecule has 2 amide bonds. The standard InChI is InChI=1S/C20H23N3O3S/c1-13(24)21-18-6-7-19(27-18)26-16-4-2-15(3-5-16)20(25)22-17-12-23-10-8-14(17)9-11-23/h2-7,14,17H,8-12H2,1H3,(H,21,24)(H,22,25)/t17-/m0/s1. The van der Waals surface area contributed by atoms with Gasteiger partial charge in [-0.2, -0.15) is 0 Å². The Morgan fingerprint density at radius 2 is 1.85 bits per heavy atom. The number of piperidine rings is 3. The Morgan fingerprint density at radius 1 is 1.11 bits per heavy atom. The van der Waals surface area contributed by atoms with Gasteiger partial charge in [0.2, 0.25) is 5.91 Å². The first kappa shape index (κ1) is 18.0. The fraction of sp³-hybridized carbons (Fsp3) is 0.400. The second-order valence-corrected chi connectivity index (χ2v) is 8.19. The van der Waals surface area contributed by atoms with Gasteiger partial charge < -0.3 is 20.3 Å². The van der Waals surface area contributed by atoms with E-state index in [4.69, 9.17) is 4.74 Å². The van der Waals surface area contributed by atoms with Crippen LogP contribution in [0.2, 0.25) is 0 Å². The van der Waals surface area contributed by atoms with E-state index in [1.165, 1.54) is 31.1 Å². The molecule has 2 aromatic rings. The fourth-order valence-corrected chi connectivity index (χ4v) is 4.61. The molecule has 6 nitrogen and oxygen atoms in total. The SMILES string of the molecule is CC(=O)Nc1ccc(Oc2ccc(C(=O)N[C@H]3CN4CCC3CC4)cc2)s1. The third-order valence-corrected chi connectivity index (χ3v) is 6.07. The topological polar surface area (TPSA) is 70.7 Å². The van der Waals surface area contributed by atoms with Crippen LogP contribution in [0.4, 0.5) is 5.00 Å². The summed E-state index contributed by atoms with van der Waals surface area (Å²) >= 11 is 1.36. The van der Waals surface area contributed by atoms with Crippen LogP contribution in [0.25, 0.3) is 0 Å². The van der Waals surface area contributed by atoms with Crippen molar-refractivity contribution in [1.82, 2.24) is 10.2 Å². The number of rotatable bonds is 5. The molecular weight excluding hydrogens is 362 g/mol. The lowest BCUT2D eigenvalue weighted by molar-refractivity contribution is -0.114. The lowest BCUT2D eigenvalue weighted by atomic mass is 9.84. The van der Waals surface area contributed by atoms with Gasteiger partial charge in [-0.15, -0.1) is 0 Å². The van der Waals surface area contributed by atoms with Gasteiger partial charge in [0.1, 0.15) is 5.75 Å². The van der Waals surface area contributed by atoms with Crippen LogP contribution in [0.15, 0.2) is 36.4 Å². The Morgan fingerprint density at radius 3 is 2.48 bits per heavy atom. The smallest absolute Gasteiger partial charge is 0.251 e. The Balaban J connectivity index is 1.35. The van der Waals surface area contributed by atoms with E-state index in [1.54, 1.807) is 30.3 Å². The van der Waals surface area contributed by atoms with Gasteiger partial charge in [-0.1, -0.05) is 11.3 Å². The molecular formula is C20H23N3O3S. The van der Waals surface area contributed by atoms with E-state index in [-0.39, 0.29) is 17.9 Å². The predicted molar refractivity (Wildman–Crippen MR) is 106 cm³/mol. The van der Waals surface area contributed by atoms with Crippen LogP contribution in [0, 0.1) is 5.92 Å². The minimum atomic E-state index is -0.109. The van der Waals surface area contributed by atoms with Crippen molar-refractivity contribution in [1.29, 1.82) is 0 Å². The molecule has 2 bridgehead atoms. The number of thiophene rings is 1. The van der Waals surface area contributed by atoms with E-state index in [0.29, 0.717) is 22.3 Å². The van der Waals surface area contributed by atoms with Crippen molar-refractivity contribution in [2.75, 3.05) is 25.0 Å². The molecule has 4 heterocycles. The third-order valence-electron chi connectivity index (χ3n) is 5.19. The van der Waals surface area contributed by atoms with Crippen molar-refractivity contribution in [3.63, 3.8) is 0 Å². The number of ether oxygens (including phenoxy) is 1. The maximum absolute atomic E-state index is 12.6. The molecule has 7 heteroatoms. The molecule has 0 radical (unpaired) electrons. The van der Waals surface area contributed by atoms with E-state index < -0.39 is 0 Å². The van der Waals surface area contributed by atoms with Crippen molar-refractivity contribution in [2.24, 2.45) is 5.92 Å². The Labute approximate surface area is 162 Å². The summed E-state index contributed by atoms with van der Waals surface area (Å²) in [4.78, 5) is 26.1. The molecule has 1 aromatic carbocycles. The zero-order valence-electron chi connectivity index (χ0n) is 15.2. The Hall–Kier alpha value is -2.38. The molecule has 1 aromatic heterocycles. The van der Waals surface area contributed by atoms with Crippen molar-refractivity contribution < 1.29 is 14.3 Å². The van der Waals surface area contributed by atoms with Gasteiger partial charge in [0.25, 0.3) is 5.91 Å². The molecule has 1 atom stereocenters. The minimum Gasteiger partial charge on any atom is -0.447 e. The van der Waals surface area contributed by atoms with E-state index >= 15 is 0 Å². The van der Waals surface area contributed by atoms with Crippen molar-refractivity contribution in [2.45, 2.75) is 25.8 Å². The van der Waals surface area contributed by atoms with E-state index in [2.05, 4.69) is 15.5 Å². The average Bonchev–Trinajstić information content (AvgIpc) is 3.09. The highest BCUT2D eigenvalue weighted by molar-refractivity contribution is 7.18. The molecule has 142 valence electrons. The second kappa shape index (κ2) is 7.70. The van der Waals surface area contributed by atoms with E-state index in [9.17, 15) is 9.59 Å². The quantitative estimate of drug-likeness (QED) is 0.828. The van der Waals surface area contributed by atoms with Crippen LogP contribution in [-0.4, -0.2) is 42.4 Å². The highest BCUT2D eigenvalue weighted by Crippen LogP contribution is 2.33. The number of nitrogens with one attached hydrogen (secondary N) is 2. The number of carbonyl (C=O) groups is 2. The van der Waals surface area contributed by atoms with Crippen LogP contribution >= 0.6 is 11.3 Å². The number of hydrogen-bond acceptors (Lipinski definition) is 5. The molecule has 3 aliphatic heterocycles. The average molecular weight is 385 g/mol. The van der Waals surface area contributed by atoms with Crippen LogP contribution in [-0.2, 0) is 4.79 Å². The molecule has 3 fully saturated rings. The molecule has 0 saturated carbocycles. The largest absolute Gasteiger partial charge is 0.447 e. The molecule has 0 unspecified atom stereocenters. The normalized spacial score (nSPS) is 23.7. The molecule has 0 aliphatic carbocycles. The van der Waals surface area contributed by atoms with E-state index in [0.717, 1.165) is 24.6 Å². The van der Waals surface area contributed by atoms with Crippen LogP contribution in [0.3, 0.4) is 0 Å². The molecule has 3 aliphatic rings. The van der Waals surface area contributed by atoms with Gasteiger partial charge in [0.15, 0.2) is 5.06 Å². The van der Waals surface area contributed by atoms with Gasteiger partial charge in [-0.05, 0) is 68.2 Å². The van der Waals surface area contributed by atoms with Crippen molar-refractivity contribution >= 4 is 28.2 Å². The Bertz CT molecular complexity index is 825. The number of nitrogens with zero attached hydrogens (tertiary/aromatic N) is 1. The van der Waals surface area contributed by atoms with Gasteiger partial charge in [0.05, 0.1) is 5.00 Å². The van der Waals surface area contributed by atoms with Crippen LogP contribution < -0.4 is 15.4 Å². The van der Waals surface area contributed by atoms with Gasteiger partial charge in [-0.3, -0.25) is 9.59 Å². The highest BCUT2D eigenvalue weighted by Gasteiger charge is 2.34. The molecule has 27 heavy (non-hydrogen) atoms. The summed E-state index contributed by atoms with van der Waals surface area (Å²) in [6, 6.07) is 11.0. The van der Waals surface area contributed by atoms with E-state index in [1.807, 2.05) is 6.07 Å². The number of fused-ring (bicyclic) bond motifs is 3. The zero-order valence-corrected chi connectivity index (χ0v) is 16.1. The minimum absolute atomic E-state index is 0.0237.